The van der Waals surface area contributed by atoms with Crippen LogP contribution in [0, 0.1) is 12.3 Å². The Bertz CT molecular complexity index is 703. The van der Waals surface area contributed by atoms with Gasteiger partial charge in [0, 0.05) is 51.2 Å². The van der Waals surface area contributed by atoms with Crippen LogP contribution in [0.15, 0.2) is 5.38 Å². The van der Waals surface area contributed by atoms with Gasteiger partial charge in [-0.05, 0) is 19.8 Å². The van der Waals surface area contributed by atoms with Gasteiger partial charge < -0.3 is 14.5 Å². The predicted molar refractivity (Wildman–Crippen MR) is 103 cm³/mol. The van der Waals surface area contributed by atoms with Crippen LogP contribution < -0.4 is 0 Å². The summed E-state index contributed by atoms with van der Waals surface area (Å²) in [7, 11) is 0. The number of carbonyl (C=O) groups excluding carboxylic acids is 2. The lowest BCUT2D eigenvalue weighted by Gasteiger charge is -2.29. The maximum Gasteiger partial charge on any atom is 0.230 e. The van der Waals surface area contributed by atoms with Gasteiger partial charge in [-0.25, -0.2) is 4.98 Å². The van der Waals surface area contributed by atoms with Gasteiger partial charge in [0.15, 0.2) is 0 Å². The number of hydrogen-bond acceptors (Lipinski definition) is 6. The second-order valence-corrected chi connectivity index (χ2v) is 8.94. The van der Waals surface area contributed by atoms with Gasteiger partial charge in [0.05, 0.1) is 35.8 Å². The molecule has 1 spiro atoms. The summed E-state index contributed by atoms with van der Waals surface area (Å²) in [5.74, 6) is 0.340. The molecule has 0 saturated carbocycles. The van der Waals surface area contributed by atoms with Crippen LogP contribution in [0.2, 0.25) is 0 Å². The zero-order chi connectivity index (χ0) is 18.9. The molecule has 0 aliphatic carbocycles. The molecule has 0 radical (unpaired) electrons. The normalized spacial score (nSPS) is 26.5. The number of aryl methyl sites for hydroxylation is 1. The minimum absolute atomic E-state index is 0.0942. The molecule has 3 fully saturated rings. The lowest BCUT2D eigenvalue weighted by atomic mass is 9.85. The molecule has 0 aromatic carbocycles. The maximum atomic E-state index is 13.1. The molecule has 3 aliphatic heterocycles. The lowest BCUT2D eigenvalue weighted by Crippen LogP contribution is -2.44. The molecule has 3 aliphatic rings. The molecule has 148 valence electrons. The number of thiazole rings is 1. The van der Waals surface area contributed by atoms with E-state index >= 15 is 0 Å². The molecule has 2 amide bonds. The fourth-order valence-corrected chi connectivity index (χ4v) is 5.03. The highest BCUT2D eigenvalue weighted by Crippen LogP contribution is 2.40. The second-order valence-electron chi connectivity index (χ2n) is 7.88. The van der Waals surface area contributed by atoms with Gasteiger partial charge in [-0.3, -0.25) is 14.5 Å². The van der Waals surface area contributed by atoms with Gasteiger partial charge in [0.25, 0.3) is 0 Å². The van der Waals surface area contributed by atoms with Crippen molar-refractivity contribution in [2.75, 3.05) is 59.0 Å². The molecule has 3 saturated heterocycles. The molecular formula is C19H28N4O3S. The number of morpholine rings is 1. The lowest BCUT2D eigenvalue weighted by molar-refractivity contribution is -0.136. The molecular weight excluding hydrogens is 364 g/mol. The largest absolute Gasteiger partial charge is 0.379 e. The summed E-state index contributed by atoms with van der Waals surface area (Å²) in [6.45, 7) is 9.19. The summed E-state index contributed by atoms with van der Waals surface area (Å²) in [4.78, 5) is 36.3. The van der Waals surface area contributed by atoms with Gasteiger partial charge in [-0.15, -0.1) is 11.3 Å². The second kappa shape index (κ2) is 7.85. The number of nitrogens with zero attached hydrogens (tertiary/aromatic N) is 4. The number of rotatable bonds is 5. The zero-order valence-electron chi connectivity index (χ0n) is 16.0. The van der Waals surface area contributed by atoms with E-state index in [1.807, 2.05) is 22.1 Å². The summed E-state index contributed by atoms with van der Waals surface area (Å²) < 4.78 is 5.38. The van der Waals surface area contributed by atoms with Crippen molar-refractivity contribution in [1.29, 1.82) is 0 Å². The highest BCUT2D eigenvalue weighted by molar-refractivity contribution is 7.09. The van der Waals surface area contributed by atoms with Crippen molar-refractivity contribution in [2.45, 2.75) is 26.2 Å². The third-order valence-electron chi connectivity index (χ3n) is 6.10. The molecule has 1 atom stereocenters. The number of hydrogen-bond donors (Lipinski definition) is 0. The number of carbonyl (C=O) groups is 2. The summed E-state index contributed by atoms with van der Waals surface area (Å²) in [5, 5.41) is 2.94. The van der Waals surface area contributed by atoms with Gasteiger partial charge in [0.1, 0.15) is 0 Å². The molecule has 4 heterocycles. The Morgan fingerprint density at radius 2 is 2.00 bits per heavy atom. The van der Waals surface area contributed by atoms with Crippen molar-refractivity contribution < 1.29 is 14.3 Å². The van der Waals surface area contributed by atoms with E-state index in [9.17, 15) is 9.59 Å². The minimum Gasteiger partial charge on any atom is -0.379 e. The third-order valence-corrected chi connectivity index (χ3v) is 6.92. The van der Waals surface area contributed by atoms with Crippen LogP contribution in [-0.4, -0.2) is 90.5 Å². The van der Waals surface area contributed by atoms with Crippen LogP contribution in [-0.2, 0) is 20.7 Å². The van der Waals surface area contributed by atoms with Crippen molar-refractivity contribution >= 4 is 23.2 Å². The van der Waals surface area contributed by atoms with E-state index in [-0.39, 0.29) is 17.2 Å². The van der Waals surface area contributed by atoms with E-state index in [1.54, 1.807) is 11.3 Å². The first kappa shape index (κ1) is 18.8. The first-order valence-corrected chi connectivity index (χ1v) is 10.7. The standard InChI is InChI=1S/C19H28N4O3S/c1-15-20-16(13-27-15)12-17(24)23-5-3-19(14-23)2-4-22(18(19)25)7-6-21-8-10-26-11-9-21/h13H,2-12,14H2,1H3. The van der Waals surface area contributed by atoms with Gasteiger partial charge in [-0.1, -0.05) is 0 Å². The molecule has 1 aromatic heterocycles. The van der Waals surface area contributed by atoms with E-state index in [4.69, 9.17) is 4.74 Å². The molecule has 1 unspecified atom stereocenters. The number of ether oxygens (including phenoxy) is 1. The Balaban J connectivity index is 1.30. The van der Waals surface area contributed by atoms with Crippen LogP contribution in [0.1, 0.15) is 23.5 Å². The fraction of sp³-hybridized carbons (Fsp3) is 0.737. The van der Waals surface area contributed by atoms with E-state index in [1.165, 1.54) is 0 Å². The van der Waals surface area contributed by atoms with E-state index in [0.717, 1.165) is 69.5 Å². The van der Waals surface area contributed by atoms with Gasteiger partial charge in [-0.2, -0.15) is 0 Å². The van der Waals surface area contributed by atoms with Crippen LogP contribution in [0.25, 0.3) is 0 Å². The molecule has 0 bridgehead atoms. The first-order valence-electron chi connectivity index (χ1n) is 9.84. The monoisotopic (exact) mass is 392 g/mol. The third kappa shape index (κ3) is 4.02. The number of likely N-dealkylation sites (tertiary alicyclic amines) is 2. The van der Waals surface area contributed by atoms with Crippen LogP contribution in [0.3, 0.4) is 0 Å². The van der Waals surface area contributed by atoms with Crippen molar-refractivity contribution in [3.8, 4) is 0 Å². The van der Waals surface area contributed by atoms with Gasteiger partial charge >= 0.3 is 0 Å². The molecule has 8 heteroatoms. The highest BCUT2D eigenvalue weighted by Gasteiger charge is 2.51. The Hall–Kier alpha value is -1.51. The SMILES string of the molecule is Cc1nc(CC(=O)N2CCC3(CCN(CCN4CCOCC4)C3=O)C2)cs1. The average molecular weight is 393 g/mol. The van der Waals surface area contributed by atoms with Crippen molar-refractivity contribution in [3.05, 3.63) is 16.1 Å². The van der Waals surface area contributed by atoms with Crippen LogP contribution >= 0.6 is 11.3 Å². The molecule has 4 rings (SSSR count). The van der Waals surface area contributed by atoms with E-state index in [0.29, 0.717) is 19.5 Å². The number of amides is 2. The quantitative estimate of drug-likeness (QED) is 0.741. The van der Waals surface area contributed by atoms with Crippen molar-refractivity contribution in [2.24, 2.45) is 5.41 Å². The number of aromatic nitrogens is 1. The fourth-order valence-electron chi connectivity index (χ4n) is 4.41. The predicted octanol–water partition coefficient (Wildman–Crippen LogP) is 0.777. The molecule has 27 heavy (non-hydrogen) atoms. The Morgan fingerprint density at radius 1 is 1.22 bits per heavy atom. The summed E-state index contributed by atoms with van der Waals surface area (Å²) in [6, 6.07) is 0. The van der Waals surface area contributed by atoms with E-state index in [2.05, 4.69) is 9.88 Å². The molecule has 7 nitrogen and oxygen atoms in total. The maximum absolute atomic E-state index is 13.1. The Kier molecular flexibility index (Phi) is 5.48. The van der Waals surface area contributed by atoms with Crippen molar-refractivity contribution in [3.63, 3.8) is 0 Å². The zero-order valence-corrected chi connectivity index (χ0v) is 16.8. The topological polar surface area (TPSA) is 66.0 Å². The van der Waals surface area contributed by atoms with E-state index < -0.39 is 0 Å². The summed E-state index contributed by atoms with van der Waals surface area (Å²) in [5.41, 5.74) is 0.493. The Morgan fingerprint density at radius 3 is 2.74 bits per heavy atom. The highest BCUT2D eigenvalue weighted by atomic mass is 32.1. The molecule has 1 aromatic rings. The summed E-state index contributed by atoms with van der Waals surface area (Å²) in [6.07, 6.45) is 2.01. The van der Waals surface area contributed by atoms with Crippen molar-refractivity contribution in [1.82, 2.24) is 19.7 Å². The summed E-state index contributed by atoms with van der Waals surface area (Å²) >= 11 is 1.57. The van der Waals surface area contributed by atoms with Crippen LogP contribution in [0.4, 0.5) is 0 Å². The first-order chi connectivity index (χ1) is 13.1. The molecule has 0 N–H and O–H groups in total. The van der Waals surface area contributed by atoms with Gasteiger partial charge in [0.2, 0.25) is 11.8 Å². The van der Waals surface area contributed by atoms with Crippen LogP contribution in [0.5, 0.6) is 0 Å². The Labute approximate surface area is 164 Å². The average Bonchev–Trinajstić information content (AvgIpc) is 3.36. The minimum atomic E-state index is -0.349. The smallest absolute Gasteiger partial charge is 0.230 e.